The van der Waals surface area contributed by atoms with Crippen LogP contribution in [-0.4, -0.2) is 16.1 Å². The van der Waals surface area contributed by atoms with Crippen LogP contribution in [0.5, 0.6) is 5.75 Å². The number of carboxylic acids is 1. The maximum atomic E-state index is 10.4. The number of carboxylic acid groups (broad SMARTS) is 1. The minimum absolute atomic E-state index is 0.479. The first-order valence-corrected chi connectivity index (χ1v) is 5.77. The Bertz CT molecular complexity index is 562. The van der Waals surface area contributed by atoms with E-state index in [1.165, 1.54) is 6.08 Å². The standard InChI is InChI=1S/C15H13NO3/c17-15(18)6-3-12-1-4-14(5-2-12)19-11-13-7-9-16-10-8-13/h1-10H,11H2,(H,17,18)/b6-3-. The molecule has 0 aliphatic heterocycles. The third-order valence-corrected chi connectivity index (χ3v) is 2.45. The molecule has 0 fully saturated rings. The number of benzene rings is 1. The van der Waals surface area contributed by atoms with Crippen molar-refractivity contribution in [1.29, 1.82) is 0 Å². The maximum absolute atomic E-state index is 10.4. The molecule has 0 unspecified atom stereocenters. The van der Waals surface area contributed by atoms with Crippen LogP contribution in [0, 0.1) is 0 Å². The number of rotatable bonds is 5. The monoisotopic (exact) mass is 255 g/mol. The van der Waals surface area contributed by atoms with Crippen LogP contribution < -0.4 is 4.74 Å². The number of carbonyl (C=O) groups is 1. The maximum Gasteiger partial charge on any atom is 0.328 e. The van der Waals surface area contributed by atoms with E-state index < -0.39 is 5.97 Å². The summed E-state index contributed by atoms with van der Waals surface area (Å²) in [4.78, 5) is 14.3. The van der Waals surface area contributed by atoms with Gasteiger partial charge in [-0.1, -0.05) is 12.1 Å². The minimum Gasteiger partial charge on any atom is -0.489 e. The molecule has 0 saturated carbocycles. The smallest absolute Gasteiger partial charge is 0.328 e. The average Bonchev–Trinajstić information content (AvgIpc) is 2.45. The molecule has 0 aliphatic carbocycles. The molecule has 0 aliphatic rings. The lowest BCUT2D eigenvalue weighted by Gasteiger charge is -2.06. The Kier molecular flexibility index (Phi) is 4.29. The van der Waals surface area contributed by atoms with Crippen molar-refractivity contribution in [3.8, 4) is 5.75 Å². The summed E-state index contributed by atoms with van der Waals surface area (Å²) in [7, 11) is 0. The zero-order chi connectivity index (χ0) is 13.5. The van der Waals surface area contributed by atoms with Crippen LogP contribution >= 0.6 is 0 Å². The zero-order valence-electron chi connectivity index (χ0n) is 10.2. The van der Waals surface area contributed by atoms with E-state index in [2.05, 4.69) is 4.98 Å². The van der Waals surface area contributed by atoms with Crippen molar-refractivity contribution in [1.82, 2.24) is 4.98 Å². The lowest BCUT2D eigenvalue weighted by Crippen LogP contribution is -1.95. The van der Waals surface area contributed by atoms with E-state index in [0.717, 1.165) is 23.0 Å². The quantitative estimate of drug-likeness (QED) is 0.834. The van der Waals surface area contributed by atoms with Crippen LogP contribution in [0.3, 0.4) is 0 Å². The molecule has 19 heavy (non-hydrogen) atoms. The van der Waals surface area contributed by atoms with Gasteiger partial charge in [0, 0.05) is 18.5 Å². The van der Waals surface area contributed by atoms with Crippen LogP contribution in [0.2, 0.25) is 0 Å². The van der Waals surface area contributed by atoms with Gasteiger partial charge in [-0.3, -0.25) is 4.98 Å². The Balaban J connectivity index is 1.94. The van der Waals surface area contributed by atoms with Crippen LogP contribution in [-0.2, 0) is 11.4 Å². The van der Waals surface area contributed by atoms with Crippen molar-refractivity contribution in [2.24, 2.45) is 0 Å². The summed E-state index contributed by atoms with van der Waals surface area (Å²) in [5, 5.41) is 8.52. The summed E-state index contributed by atoms with van der Waals surface area (Å²) in [5.74, 6) is -0.220. The average molecular weight is 255 g/mol. The first-order chi connectivity index (χ1) is 9.24. The van der Waals surface area contributed by atoms with Crippen molar-refractivity contribution < 1.29 is 14.6 Å². The second kappa shape index (κ2) is 6.35. The third kappa shape index (κ3) is 4.27. The molecule has 2 aromatic rings. The Labute approximate surface area is 111 Å². The summed E-state index contributed by atoms with van der Waals surface area (Å²) in [6.45, 7) is 0.479. The van der Waals surface area contributed by atoms with Gasteiger partial charge in [0.2, 0.25) is 0 Å². The number of pyridine rings is 1. The van der Waals surface area contributed by atoms with E-state index in [0.29, 0.717) is 6.61 Å². The predicted molar refractivity (Wildman–Crippen MR) is 71.7 cm³/mol. The van der Waals surface area contributed by atoms with Gasteiger partial charge in [-0.15, -0.1) is 0 Å². The summed E-state index contributed by atoms with van der Waals surface area (Å²) in [5.41, 5.74) is 1.86. The molecular weight excluding hydrogens is 242 g/mol. The Morgan fingerprint density at radius 1 is 1.16 bits per heavy atom. The lowest BCUT2D eigenvalue weighted by molar-refractivity contribution is -0.131. The van der Waals surface area contributed by atoms with Gasteiger partial charge in [-0.05, 0) is 41.5 Å². The van der Waals surface area contributed by atoms with Gasteiger partial charge in [-0.25, -0.2) is 4.79 Å². The first kappa shape index (κ1) is 12.8. The highest BCUT2D eigenvalue weighted by atomic mass is 16.5. The number of nitrogens with zero attached hydrogens (tertiary/aromatic N) is 1. The first-order valence-electron chi connectivity index (χ1n) is 5.77. The Morgan fingerprint density at radius 3 is 2.47 bits per heavy atom. The predicted octanol–water partition coefficient (Wildman–Crippen LogP) is 2.76. The molecule has 96 valence electrons. The van der Waals surface area contributed by atoms with E-state index in [-0.39, 0.29) is 0 Å². The molecule has 4 heteroatoms. The molecule has 0 saturated heterocycles. The van der Waals surface area contributed by atoms with Gasteiger partial charge >= 0.3 is 5.97 Å². The topological polar surface area (TPSA) is 59.4 Å². The van der Waals surface area contributed by atoms with E-state index in [1.807, 2.05) is 24.3 Å². The molecule has 0 bridgehead atoms. The minimum atomic E-state index is -0.960. The van der Waals surface area contributed by atoms with Crippen molar-refractivity contribution in [2.45, 2.75) is 6.61 Å². The van der Waals surface area contributed by atoms with Gasteiger partial charge in [0.15, 0.2) is 0 Å². The molecule has 1 heterocycles. The molecule has 2 rings (SSSR count). The molecular formula is C15H13NO3. The highest BCUT2D eigenvalue weighted by Gasteiger charge is 1.96. The second-order valence-corrected chi connectivity index (χ2v) is 3.88. The fourth-order valence-electron chi connectivity index (χ4n) is 1.49. The highest BCUT2D eigenvalue weighted by molar-refractivity contribution is 5.85. The van der Waals surface area contributed by atoms with Crippen LogP contribution in [0.15, 0.2) is 54.9 Å². The summed E-state index contributed by atoms with van der Waals surface area (Å²) in [6.07, 6.45) is 6.08. The fraction of sp³-hybridized carbons (Fsp3) is 0.0667. The van der Waals surface area contributed by atoms with E-state index >= 15 is 0 Å². The molecule has 0 amide bonds. The third-order valence-electron chi connectivity index (χ3n) is 2.45. The van der Waals surface area contributed by atoms with Crippen LogP contribution in [0.1, 0.15) is 11.1 Å². The lowest BCUT2D eigenvalue weighted by atomic mass is 10.2. The number of hydrogen-bond donors (Lipinski definition) is 1. The zero-order valence-corrected chi connectivity index (χ0v) is 10.2. The molecule has 4 nitrogen and oxygen atoms in total. The number of aromatic nitrogens is 1. The molecule has 0 radical (unpaired) electrons. The summed E-state index contributed by atoms with van der Waals surface area (Å²) in [6, 6.07) is 11.0. The van der Waals surface area contributed by atoms with Crippen molar-refractivity contribution in [3.05, 3.63) is 66.0 Å². The van der Waals surface area contributed by atoms with E-state index in [1.54, 1.807) is 24.5 Å². The molecule has 1 aromatic carbocycles. The van der Waals surface area contributed by atoms with Gasteiger partial charge in [0.25, 0.3) is 0 Å². The van der Waals surface area contributed by atoms with Gasteiger partial charge < -0.3 is 9.84 Å². The van der Waals surface area contributed by atoms with Crippen molar-refractivity contribution in [3.63, 3.8) is 0 Å². The second-order valence-electron chi connectivity index (χ2n) is 3.88. The van der Waals surface area contributed by atoms with E-state index in [4.69, 9.17) is 9.84 Å². The SMILES string of the molecule is O=C(O)/C=C\c1ccc(OCc2ccncc2)cc1. The van der Waals surface area contributed by atoms with Crippen LogP contribution in [0.4, 0.5) is 0 Å². The molecule has 1 aromatic heterocycles. The van der Waals surface area contributed by atoms with Gasteiger partial charge in [-0.2, -0.15) is 0 Å². The van der Waals surface area contributed by atoms with Gasteiger partial charge in [0.1, 0.15) is 12.4 Å². The molecule has 0 atom stereocenters. The van der Waals surface area contributed by atoms with Crippen LogP contribution in [0.25, 0.3) is 6.08 Å². The Morgan fingerprint density at radius 2 is 1.84 bits per heavy atom. The number of aliphatic carboxylic acids is 1. The number of ether oxygens (including phenoxy) is 1. The van der Waals surface area contributed by atoms with Gasteiger partial charge in [0.05, 0.1) is 0 Å². The normalized spacial score (nSPS) is 10.5. The van der Waals surface area contributed by atoms with E-state index in [9.17, 15) is 4.79 Å². The number of hydrogen-bond acceptors (Lipinski definition) is 3. The highest BCUT2D eigenvalue weighted by Crippen LogP contribution is 2.14. The fourth-order valence-corrected chi connectivity index (χ4v) is 1.49. The van der Waals surface area contributed by atoms with Crippen molar-refractivity contribution in [2.75, 3.05) is 0 Å². The molecule has 0 spiro atoms. The summed E-state index contributed by atoms with van der Waals surface area (Å²) < 4.78 is 5.60. The van der Waals surface area contributed by atoms with Crippen molar-refractivity contribution >= 4 is 12.0 Å². The summed E-state index contributed by atoms with van der Waals surface area (Å²) >= 11 is 0. The Hall–Kier alpha value is -2.62. The molecule has 1 N–H and O–H groups in total. The largest absolute Gasteiger partial charge is 0.489 e.